The number of para-hydroxylation sites is 1. The standard InChI is InChI=1S/C16H18FNO/c1-12(2)18-11-13-8-9-16(15(17)10-13)19-14-6-4-3-5-7-14/h3-10,12,18H,11H2,1-2H3. The second kappa shape index (κ2) is 6.34. The van der Waals surface area contributed by atoms with E-state index in [1.807, 2.05) is 24.3 Å². The number of rotatable bonds is 5. The quantitative estimate of drug-likeness (QED) is 0.872. The van der Waals surface area contributed by atoms with E-state index in [1.54, 1.807) is 18.2 Å². The molecule has 2 rings (SSSR count). The van der Waals surface area contributed by atoms with E-state index in [1.165, 1.54) is 6.07 Å². The van der Waals surface area contributed by atoms with Gasteiger partial charge in [-0.05, 0) is 29.8 Å². The summed E-state index contributed by atoms with van der Waals surface area (Å²) >= 11 is 0. The van der Waals surface area contributed by atoms with Crippen LogP contribution in [0.5, 0.6) is 11.5 Å². The lowest BCUT2D eigenvalue weighted by Crippen LogP contribution is -2.21. The highest BCUT2D eigenvalue weighted by molar-refractivity contribution is 5.34. The Morgan fingerprint density at radius 3 is 2.47 bits per heavy atom. The lowest BCUT2D eigenvalue weighted by Gasteiger charge is -2.10. The molecule has 0 fully saturated rings. The molecule has 0 aliphatic heterocycles. The number of nitrogens with one attached hydrogen (secondary N) is 1. The molecule has 0 saturated carbocycles. The SMILES string of the molecule is CC(C)NCc1ccc(Oc2ccccc2)c(F)c1. The third kappa shape index (κ3) is 4.07. The summed E-state index contributed by atoms with van der Waals surface area (Å²) in [5.74, 6) is 0.542. The third-order valence-corrected chi connectivity index (χ3v) is 2.68. The fourth-order valence-corrected chi connectivity index (χ4v) is 1.67. The summed E-state index contributed by atoms with van der Waals surface area (Å²) in [7, 11) is 0. The molecule has 2 aromatic carbocycles. The number of hydrogen-bond acceptors (Lipinski definition) is 2. The van der Waals surface area contributed by atoms with Crippen LogP contribution in [0.2, 0.25) is 0 Å². The Kier molecular flexibility index (Phi) is 4.53. The van der Waals surface area contributed by atoms with Gasteiger partial charge < -0.3 is 10.1 Å². The van der Waals surface area contributed by atoms with Gasteiger partial charge in [0.2, 0.25) is 0 Å². The van der Waals surface area contributed by atoms with Crippen LogP contribution < -0.4 is 10.1 Å². The summed E-state index contributed by atoms with van der Waals surface area (Å²) in [4.78, 5) is 0. The number of hydrogen-bond donors (Lipinski definition) is 1. The maximum atomic E-state index is 13.9. The highest BCUT2D eigenvalue weighted by Crippen LogP contribution is 2.24. The van der Waals surface area contributed by atoms with Gasteiger partial charge in [0, 0.05) is 12.6 Å². The Morgan fingerprint density at radius 1 is 1.11 bits per heavy atom. The van der Waals surface area contributed by atoms with Crippen LogP contribution in [-0.2, 0) is 6.54 Å². The van der Waals surface area contributed by atoms with Gasteiger partial charge >= 0.3 is 0 Å². The molecule has 0 amide bonds. The topological polar surface area (TPSA) is 21.3 Å². The van der Waals surface area contributed by atoms with Gasteiger partial charge in [-0.3, -0.25) is 0 Å². The minimum Gasteiger partial charge on any atom is -0.454 e. The molecule has 2 aromatic rings. The van der Waals surface area contributed by atoms with Crippen molar-refractivity contribution in [3.8, 4) is 11.5 Å². The minimum atomic E-state index is -0.341. The Morgan fingerprint density at radius 2 is 1.84 bits per heavy atom. The summed E-state index contributed by atoms with van der Waals surface area (Å²) in [6.07, 6.45) is 0. The number of benzene rings is 2. The van der Waals surface area contributed by atoms with Crippen LogP contribution in [-0.4, -0.2) is 6.04 Å². The first kappa shape index (κ1) is 13.6. The second-order valence-corrected chi connectivity index (χ2v) is 4.72. The molecule has 0 spiro atoms. The first-order valence-electron chi connectivity index (χ1n) is 6.40. The minimum absolute atomic E-state index is 0.250. The zero-order valence-corrected chi connectivity index (χ0v) is 11.2. The smallest absolute Gasteiger partial charge is 0.166 e. The van der Waals surface area contributed by atoms with E-state index in [2.05, 4.69) is 19.2 Å². The van der Waals surface area contributed by atoms with Crippen LogP contribution in [0, 0.1) is 5.82 Å². The fraction of sp³-hybridized carbons (Fsp3) is 0.250. The number of halogens is 1. The van der Waals surface area contributed by atoms with Gasteiger partial charge in [0.25, 0.3) is 0 Å². The maximum Gasteiger partial charge on any atom is 0.166 e. The molecule has 0 unspecified atom stereocenters. The zero-order valence-electron chi connectivity index (χ0n) is 11.2. The maximum absolute atomic E-state index is 13.9. The average molecular weight is 259 g/mol. The highest BCUT2D eigenvalue weighted by atomic mass is 19.1. The van der Waals surface area contributed by atoms with Crippen LogP contribution in [0.3, 0.4) is 0 Å². The normalized spacial score (nSPS) is 10.7. The molecule has 2 nitrogen and oxygen atoms in total. The third-order valence-electron chi connectivity index (χ3n) is 2.68. The van der Waals surface area contributed by atoms with E-state index < -0.39 is 0 Å². The molecule has 0 saturated heterocycles. The Labute approximate surface area is 113 Å². The molecule has 0 atom stereocenters. The van der Waals surface area contributed by atoms with E-state index in [-0.39, 0.29) is 11.6 Å². The zero-order chi connectivity index (χ0) is 13.7. The predicted molar refractivity (Wildman–Crippen MR) is 74.9 cm³/mol. The van der Waals surface area contributed by atoms with E-state index in [9.17, 15) is 4.39 Å². The Bertz CT molecular complexity index is 526. The van der Waals surface area contributed by atoms with Gasteiger partial charge in [-0.2, -0.15) is 0 Å². The summed E-state index contributed by atoms with van der Waals surface area (Å²) in [6.45, 7) is 4.77. The van der Waals surface area contributed by atoms with E-state index in [0.29, 0.717) is 18.3 Å². The van der Waals surface area contributed by atoms with Crippen molar-refractivity contribution in [2.45, 2.75) is 26.4 Å². The molecule has 0 aliphatic rings. The largest absolute Gasteiger partial charge is 0.454 e. The summed E-state index contributed by atoms with van der Waals surface area (Å²) in [6, 6.07) is 14.6. The molecule has 0 aromatic heterocycles. The van der Waals surface area contributed by atoms with E-state index in [0.717, 1.165) is 5.56 Å². The molecule has 100 valence electrons. The van der Waals surface area contributed by atoms with Gasteiger partial charge in [-0.15, -0.1) is 0 Å². The molecule has 3 heteroatoms. The van der Waals surface area contributed by atoms with Crippen molar-refractivity contribution in [2.24, 2.45) is 0 Å². The van der Waals surface area contributed by atoms with Crippen LogP contribution in [0.15, 0.2) is 48.5 Å². The van der Waals surface area contributed by atoms with Gasteiger partial charge in [0.15, 0.2) is 11.6 Å². The van der Waals surface area contributed by atoms with E-state index >= 15 is 0 Å². The molecule has 1 N–H and O–H groups in total. The van der Waals surface area contributed by atoms with Crippen molar-refractivity contribution < 1.29 is 9.13 Å². The second-order valence-electron chi connectivity index (χ2n) is 4.72. The molecule has 0 aliphatic carbocycles. The summed E-state index contributed by atoms with van der Waals surface area (Å²) in [5, 5.41) is 3.25. The lowest BCUT2D eigenvalue weighted by atomic mass is 10.2. The van der Waals surface area contributed by atoms with E-state index in [4.69, 9.17) is 4.74 Å². The highest BCUT2D eigenvalue weighted by Gasteiger charge is 2.06. The van der Waals surface area contributed by atoms with Crippen molar-refractivity contribution in [2.75, 3.05) is 0 Å². The van der Waals surface area contributed by atoms with Gasteiger partial charge in [0.1, 0.15) is 5.75 Å². The van der Waals surface area contributed by atoms with Crippen molar-refractivity contribution in [3.63, 3.8) is 0 Å². The molecular weight excluding hydrogens is 241 g/mol. The Hall–Kier alpha value is -1.87. The van der Waals surface area contributed by atoms with Crippen LogP contribution in [0.25, 0.3) is 0 Å². The molecule has 0 bridgehead atoms. The first-order valence-corrected chi connectivity index (χ1v) is 6.40. The monoisotopic (exact) mass is 259 g/mol. The molecule has 0 radical (unpaired) electrons. The predicted octanol–water partition coefficient (Wildman–Crippen LogP) is 4.12. The van der Waals surface area contributed by atoms with Gasteiger partial charge in [-0.1, -0.05) is 38.1 Å². The summed E-state index contributed by atoms with van der Waals surface area (Å²) in [5.41, 5.74) is 0.909. The lowest BCUT2D eigenvalue weighted by molar-refractivity contribution is 0.441. The molecule has 0 heterocycles. The van der Waals surface area contributed by atoms with Crippen molar-refractivity contribution in [1.29, 1.82) is 0 Å². The molecule has 19 heavy (non-hydrogen) atoms. The molecular formula is C16H18FNO. The van der Waals surface area contributed by atoms with Crippen LogP contribution in [0.4, 0.5) is 4.39 Å². The first-order chi connectivity index (χ1) is 9.15. The number of ether oxygens (including phenoxy) is 1. The Balaban J connectivity index is 2.07. The fourth-order valence-electron chi connectivity index (χ4n) is 1.67. The van der Waals surface area contributed by atoms with Gasteiger partial charge in [0.05, 0.1) is 0 Å². The average Bonchev–Trinajstić information content (AvgIpc) is 2.40. The van der Waals surface area contributed by atoms with Gasteiger partial charge in [-0.25, -0.2) is 4.39 Å². The van der Waals surface area contributed by atoms with Crippen molar-refractivity contribution in [1.82, 2.24) is 5.32 Å². The van der Waals surface area contributed by atoms with Crippen molar-refractivity contribution >= 4 is 0 Å². The van der Waals surface area contributed by atoms with Crippen molar-refractivity contribution in [3.05, 3.63) is 59.9 Å². The van der Waals surface area contributed by atoms with Crippen LogP contribution in [0.1, 0.15) is 19.4 Å². The summed E-state index contributed by atoms with van der Waals surface area (Å²) < 4.78 is 19.4. The van der Waals surface area contributed by atoms with Crippen LogP contribution >= 0.6 is 0 Å².